The van der Waals surface area contributed by atoms with Gasteiger partial charge in [0.15, 0.2) is 12.4 Å². The van der Waals surface area contributed by atoms with Crippen LogP contribution in [0.3, 0.4) is 0 Å². The number of carbonyl (C=O) groups excluding carboxylic acids is 2. The van der Waals surface area contributed by atoms with Gasteiger partial charge in [-0.2, -0.15) is 0 Å². The molecular formula is C25H36O7. The Hall–Kier alpha value is -1.02. The topological polar surface area (TPSA) is 94.6 Å². The van der Waals surface area contributed by atoms with Crippen LogP contribution in [0.2, 0.25) is 0 Å². The first kappa shape index (κ1) is 21.5. The number of esters is 1. The molecule has 2 aliphatic heterocycles. The van der Waals surface area contributed by atoms with Gasteiger partial charge in [-0.05, 0) is 56.3 Å². The maximum atomic E-state index is 13.0. The van der Waals surface area contributed by atoms with Crippen molar-refractivity contribution in [2.75, 3.05) is 19.8 Å². The maximum Gasteiger partial charge on any atom is 0.303 e. The van der Waals surface area contributed by atoms with E-state index in [1.807, 2.05) is 0 Å². The second-order valence-electron chi connectivity index (χ2n) is 11.9. The molecule has 0 aromatic carbocycles. The van der Waals surface area contributed by atoms with Crippen LogP contribution in [0.15, 0.2) is 0 Å². The highest BCUT2D eigenvalue weighted by atomic mass is 16.7. The zero-order valence-electron chi connectivity index (χ0n) is 19.5. The van der Waals surface area contributed by atoms with Crippen LogP contribution in [0.1, 0.15) is 72.1 Å². The Labute approximate surface area is 189 Å². The van der Waals surface area contributed by atoms with E-state index in [-0.39, 0.29) is 35.4 Å². The van der Waals surface area contributed by atoms with Gasteiger partial charge in [0, 0.05) is 30.6 Å². The largest absolute Gasteiger partial charge is 0.458 e. The van der Waals surface area contributed by atoms with Gasteiger partial charge in [-0.3, -0.25) is 9.59 Å². The summed E-state index contributed by atoms with van der Waals surface area (Å²) < 4.78 is 23.8. The number of aliphatic hydroxyl groups is 1. The average molecular weight is 449 g/mol. The van der Waals surface area contributed by atoms with Crippen LogP contribution < -0.4 is 0 Å². The molecule has 2 heterocycles. The summed E-state index contributed by atoms with van der Waals surface area (Å²) in [5, 5.41) is 11.6. The molecule has 178 valence electrons. The van der Waals surface area contributed by atoms with E-state index in [1.165, 1.54) is 6.92 Å². The van der Waals surface area contributed by atoms with E-state index in [9.17, 15) is 14.7 Å². The van der Waals surface area contributed by atoms with Crippen LogP contribution in [0.25, 0.3) is 0 Å². The van der Waals surface area contributed by atoms with E-state index in [4.69, 9.17) is 18.9 Å². The molecule has 4 aliphatic carbocycles. The number of carbonyl (C=O) groups is 2. The fourth-order valence-corrected chi connectivity index (χ4v) is 9.24. The number of fused-ring (bicyclic) bond motifs is 4. The van der Waals surface area contributed by atoms with E-state index >= 15 is 0 Å². The van der Waals surface area contributed by atoms with Crippen molar-refractivity contribution in [3.05, 3.63) is 0 Å². The summed E-state index contributed by atoms with van der Waals surface area (Å²) in [7, 11) is 0. The van der Waals surface area contributed by atoms with Crippen LogP contribution in [-0.2, 0) is 28.5 Å². The third-order valence-corrected chi connectivity index (χ3v) is 10.9. The van der Waals surface area contributed by atoms with Gasteiger partial charge in [0.05, 0.1) is 19.3 Å². The van der Waals surface area contributed by atoms with Gasteiger partial charge in [-0.15, -0.1) is 0 Å². The Morgan fingerprint density at radius 2 is 1.69 bits per heavy atom. The lowest BCUT2D eigenvalue weighted by atomic mass is 9.43. The molecule has 1 N–H and O–H groups in total. The molecule has 6 fully saturated rings. The summed E-state index contributed by atoms with van der Waals surface area (Å²) in [5.74, 6) is -0.165. The van der Waals surface area contributed by atoms with Crippen molar-refractivity contribution in [2.24, 2.45) is 28.6 Å². The van der Waals surface area contributed by atoms with Gasteiger partial charge < -0.3 is 24.1 Å². The number of hydrogen-bond acceptors (Lipinski definition) is 7. The monoisotopic (exact) mass is 448 g/mol. The van der Waals surface area contributed by atoms with Gasteiger partial charge in [0.25, 0.3) is 0 Å². The second-order valence-corrected chi connectivity index (χ2v) is 11.9. The predicted molar refractivity (Wildman–Crippen MR) is 112 cm³/mol. The molecule has 0 amide bonds. The smallest absolute Gasteiger partial charge is 0.303 e. The number of hydrogen-bond donors (Lipinski definition) is 1. The number of epoxide rings is 1. The Morgan fingerprint density at radius 3 is 2.41 bits per heavy atom. The van der Waals surface area contributed by atoms with Crippen molar-refractivity contribution in [2.45, 2.75) is 95.2 Å². The first-order chi connectivity index (χ1) is 15.1. The quantitative estimate of drug-likeness (QED) is 0.524. The van der Waals surface area contributed by atoms with Crippen LogP contribution in [0, 0.1) is 28.6 Å². The van der Waals surface area contributed by atoms with Crippen molar-refractivity contribution in [1.82, 2.24) is 0 Å². The van der Waals surface area contributed by atoms with Crippen LogP contribution in [0.4, 0.5) is 0 Å². The molecule has 2 spiro atoms. The molecule has 0 aromatic rings. The molecule has 7 heteroatoms. The molecule has 4 saturated carbocycles. The zero-order chi connectivity index (χ0) is 22.6. The minimum absolute atomic E-state index is 0.0209. The number of ether oxygens (including phenoxy) is 4. The SMILES string of the molecule is CC(=O)OCC(=O)C1(O)CCC2C3CC4OC45CCC4(CC5(C)C3CCC21C)OCCO4. The fraction of sp³-hybridized carbons (Fsp3) is 0.920. The lowest BCUT2D eigenvalue weighted by molar-refractivity contribution is -0.237. The van der Waals surface area contributed by atoms with E-state index in [1.54, 1.807) is 0 Å². The summed E-state index contributed by atoms with van der Waals surface area (Å²) in [4.78, 5) is 24.3. The fourth-order valence-electron chi connectivity index (χ4n) is 9.24. The molecule has 6 rings (SSSR count). The lowest BCUT2D eigenvalue weighted by Gasteiger charge is -2.61. The average Bonchev–Trinajstić information content (AvgIpc) is 3.16. The molecular weight excluding hydrogens is 412 g/mol. The van der Waals surface area contributed by atoms with Gasteiger partial charge in [-0.25, -0.2) is 0 Å². The maximum absolute atomic E-state index is 13.0. The highest BCUT2D eigenvalue weighted by molar-refractivity contribution is 5.90. The first-order valence-electron chi connectivity index (χ1n) is 12.4. The normalized spacial score (nSPS) is 52.5. The summed E-state index contributed by atoms with van der Waals surface area (Å²) >= 11 is 0. The Morgan fingerprint density at radius 1 is 1.00 bits per heavy atom. The Kier molecular flexibility index (Phi) is 4.41. The van der Waals surface area contributed by atoms with E-state index in [2.05, 4.69) is 13.8 Å². The lowest BCUT2D eigenvalue weighted by Crippen LogP contribution is -2.63. The number of Topliss-reactive ketones (excluding diaryl/α,β-unsaturated/α-hetero) is 1. The van der Waals surface area contributed by atoms with Crippen molar-refractivity contribution < 1.29 is 33.6 Å². The molecule has 32 heavy (non-hydrogen) atoms. The van der Waals surface area contributed by atoms with E-state index in [0.29, 0.717) is 31.5 Å². The molecule has 8 unspecified atom stereocenters. The summed E-state index contributed by atoms with van der Waals surface area (Å²) in [5.41, 5.74) is -2.00. The minimum Gasteiger partial charge on any atom is -0.458 e. The zero-order valence-corrected chi connectivity index (χ0v) is 19.5. The Bertz CT molecular complexity index is 851. The third kappa shape index (κ3) is 2.51. The molecule has 0 bridgehead atoms. The van der Waals surface area contributed by atoms with Crippen LogP contribution >= 0.6 is 0 Å². The minimum atomic E-state index is -1.43. The van der Waals surface area contributed by atoms with Crippen molar-refractivity contribution in [3.8, 4) is 0 Å². The van der Waals surface area contributed by atoms with Crippen molar-refractivity contribution in [3.63, 3.8) is 0 Å². The molecule has 0 aromatic heterocycles. The van der Waals surface area contributed by atoms with Gasteiger partial charge in [0.1, 0.15) is 11.2 Å². The van der Waals surface area contributed by atoms with Gasteiger partial charge in [-0.1, -0.05) is 13.8 Å². The van der Waals surface area contributed by atoms with Crippen LogP contribution in [0.5, 0.6) is 0 Å². The highest BCUT2D eigenvalue weighted by Gasteiger charge is 2.78. The number of ketones is 1. The molecule has 2 saturated heterocycles. The van der Waals surface area contributed by atoms with E-state index in [0.717, 1.165) is 44.9 Å². The molecule has 0 radical (unpaired) electrons. The third-order valence-electron chi connectivity index (χ3n) is 10.9. The summed E-state index contributed by atoms with van der Waals surface area (Å²) in [6, 6.07) is 0. The standard InChI is InChI=1S/C25H36O7/c1-15(26)29-13-19(27)24(28)7-5-17-16-12-20-25(32-20)9-8-23(30-10-11-31-23)14-22(25,3)18(16)4-6-21(17,24)2/h16-18,20,28H,4-14H2,1-3H3. The van der Waals surface area contributed by atoms with E-state index < -0.39 is 22.8 Å². The van der Waals surface area contributed by atoms with Gasteiger partial charge in [0.2, 0.25) is 5.78 Å². The highest BCUT2D eigenvalue weighted by Crippen LogP contribution is 2.75. The summed E-state index contributed by atoms with van der Waals surface area (Å²) in [6.07, 6.45) is 7.08. The molecule has 8 atom stereocenters. The Balaban J connectivity index is 1.29. The predicted octanol–water partition coefficient (Wildman–Crippen LogP) is 2.77. The second kappa shape index (κ2) is 6.55. The van der Waals surface area contributed by atoms with Crippen LogP contribution in [-0.4, -0.2) is 59.8 Å². The molecule has 6 aliphatic rings. The van der Waals surface area contributed by atoms with Gasteiger partial charge >= 0.3 is 5.97 Å². The number of rotatable bonds is 3. The molecule has 7 nitrogen and oxygen atoms in total. The van der Waals surface area contributed by atoms with Crippen molar-refractivity contribution >= 4 is 11.8 Å². The summed E-state index contributed by atoms with van der Waals surface area (Å²) in [6.45, 7) is 6.77. The first-order valence-corrected chi connectivity index (χ1v) is 12.4. The van der Waals surface area contributed by atoms with Crippen molar-refractivity contribution in [1.29, 1.82) is 0 Å².